The van der Waals surface area contributed by atoms with Crippen LogP contribution in [-0.2, 0) is 0 Å². The molecular weight excluding hydrogens is 234 g/mol. The maximum Gasteiger partial charge on any atom is 0.324 e. The van der Waals surface area contributed by atoms with E-state index >= 15 is 0 Å². The molecule has 0 aliphatic carbocycles. The lowest BCUT2D eigenvalue weighted by Crippen LogP contribution is -2.30. The van der Waals surface area contributed by atoms with Crippen molar-refractivity contribution in [3.05, 3.63) is 27.1 Å². The fourth-order valence-electron chi connectivity index (χ4n) is 1.24. The highest BCUT2D eigenvalue weighted by Crippen LogP contribution is 2.31. The van der Waals surface area contributed by atoms with Gasteiger partial charge >= 0.3 is 5.00 Å². The number of rotatable bonds is 4. The Labute approximate surface area is 96.6 Å². The monoisotopic (exact) mass is 245 g/mol. The molecule has 15 heavy (non-hydrogen) atoms. The van der Waals surface area contributed by atoms with E-state index in [1.54, 1.807) is 6.07 Å². The second-order valence-corrected chi connectivity index (χ2v) is 4.77. The molecule has 0 fully saturated rings. The van der Waals surface area contributed by atoms with Gasteiger partial charge in [-0.15, -0.1) is 0 Å². The number of likely N-dealkylation sites (N-methyl/N-ethyl adjacent to an activating group) is 1. The third-order valence-electron chi connectivity index (χ3n) is 1.85. The zero-order chi connectivity index (χ0) is 11.6. The quantitative estimate of drug-likeness (QED) is 0.495. The van der Waals surface area contributed by atoms with Crippen molar-refractivity contribution in [3.8, 4) is 0 Å². The molecular formula is C8H11N3O2S2. The van der Waals surface area contributed by atoms with Gasteiger partial charge in [-0.3, -0.25) is 15.0 Å². The summed E-state index contributed by atoms with van der Waals surface area (Å²) < 4.78 is 0. The summed E-state index contributed by atoms with van der Waals surface area (Å²) >= 11 is 6.02. The van der Waals surface area contributed by atoms with Crippen LogP contribution >= 0.6 is 23.6 Å². The fraction of sp³-hybridized carbons (Fsp3) is 0.375. The van der Waals surface area contributed by atoms with Crippen molar-refractivity contribution in [2.24, 2.45) is 5.73 Å². The molecule has 0 aromatic carbocycles. The number of nitrogens with two attached hydrogens (primary N) is 1. The van der Waals surface area contributed by atoms with E-state index < -0.39 is 4.92 Å². The second-order valence-electron chi connectivity index (χ2n) is 3.20. The molecule has 1 atom stereocenters. The molecule has 82 valence electrons. The Morgan fingerprint density at radius 2 is 2.27 bits per heavy atom. The van der Waals surface area contributed by atoms with Crippen molar-refractivity contribution in [2.75, 3.05) is 14.1 Å². The van der Waals surface area contributed by atoms with Gasteiger partial charge in [-0.2, -0.15) is 0 Å². The van der Waals surface area contributed by atoms with Crippen molar-refractivity contribution in [1.82, 2.24) is 4.90 Å². The fourth-order valence-corrected chi connectivity index (χ4v) is 2.69. The molecule has 1 heterocycles. The minimum Gasteiger partial charge on any atom is -0.392 e. The van der Waals surface area contributed by atoms with Gasteiger partial charge in [-0.25, -0.2) is 0 Å². The summed E-state index contributed by atoms with van der Waals surface area (Å²) in [6.07, 6.45) is 0. The largest absolute Gasteiger partial charge is 0.392 e. The van der Waals surface area contributed by atoms with Crippen molar-refractivity contribution in [1.29, 1.82) is 0 Å². The molecule has 1 aromatic heterocycles. The summed E-state index contributed by atoms with van der Waals surface area (Å²) in [6.45, 7) is 0. The molecule has 5 nitrogen and oxygen atoms in total. The zero-order valence-corrected chi connectivity index (χ0v) is 9.97. The molecule has 0 saturated carbocycles. The number of nitrogens with zero attached hydrogens (tertiary/aromatic N) is 2. The van der Waals surface area contributed by atoms with Gasteiger partial charge in [0.2, 0.25) is 0 Å². The van der Waals surface area contributed by atoms with Crippen molar-refractivity contribution >= 4 is 33.5 Å². The van der Waals surface area contributed by atoms with Gasteiger partial charge in [-0.05, 0) is 20.2 Å². The van der Waals surface area contributed by atoms with Crippen LogP contribution in [0.3, 0.4) is 0 Å². The van der Waals surface area contributed by atoms with E-state index in [4.69, 9.17) is 18.0 Å². The van der Waals surface area contributed by atoms with Gasteiger partial charge in [0.15, 0.2) is 0 Å². The Morgan fingerprint density at radius 3 is 2.60 bits per heavy atom. The van der Waals surface area contributed by atoms with Crippen LogP contribution in [0, 0.1) is 10.1 Å². The molecule has 1 unspecified atom stereocenters. The summed E-state index contributed by atoms with van der Waals surface area (Å²) in [5.74, 6) is 0. The van der Waals surface area contributed by atoms with Crippen LogP contribution in [0.15, 0.2) is 12.1 Å². The van der Waals surface area contributed by atoms with E-state index in [9.17, 15) is 10.1 Å². The van der Waals surface area contributed by atoms with Crippen LogP contribution in [-0.4, -0.2) is 28.9 Å². The number of nitro groups is 1. The number of hydrogen-bond acceptors (Lipinski definition) is 5. The first kappa shape index (κ1) is 12.0. The molecule has 2 N–H and O–H groups in total. The highest BCUT2D eigenvalue weighted by molar-refractivity contribution is 7.80. The molecule has 1 aromatic rings. The minimum absolute atomic E-state index is 0.105. The molecule has 0 aliphatic heterocycles. The maximum absolute atomic E-state index is 10.5. The van der Waals surface area contributed by atoms with Crippen LogP contribution < -0.4 is 5.73 Å². The Morgan fingerprint density at radius 1 is 1.67 bits per heavy atom. The first-order valence-corrected chi connectivity index (χ1v) is 5.36. The Bertz CT molecular complexity index is 389. The zero-order valence-electron chi connectivity index (χ0n) is 8.34. The molecule has 7 heteroatoms. The van der Waals surface area contributed by atoms with E-state index in [1.807, 2.05) is 19.0 Å². The van der Waals surface area contributed by atoms with Crippen molar-refractivity contribution in [3.63, 3.8) is 0 Å². The van der Waals surface area contributed by atoms with E-state index in [2.05, 4.69) is 0 Å². The lowest BCUT2D eigenvalue weighted by Gasteiger charge is -2.21. The number of thiophene rings is 1. The predicted octanol–water partition coefficient (Wildman–Crippen LogP) is 1.55. The molecule has 0 aliphatic rings. The van der Waals surface area contributed by atoms with Crippen molar-refractivity contribution < 1.29 is 4.92 Å². The van der Waals surface area contributed by atoms with Crippen LogP contribution in [0.4, 0.5) is 5.00 Å². The van der Waals surface area contributed by atoms with Gasteiger partial charge < -0.3 is 5.73 Å². The molecule has 0 radical (unpaired) electrons. The molecule has 0 amide bonds. The average molecular weight is 245 g/mol. The second kappa shape index (κ2) is 4.65. The molecule has 1 rings (SSSR count). The summed E-state index contributed by atoms with van der Waals surface area (Å²) in [4.78, 5) is 13.0. The summed E-state index contributed by atoms with van der Waals surface area (Å²) in [5, 5.41) is 10.6. The summed E-state index contributed by atoms with van der Waals surface area (Å²) in [7, 11) is 3.66. The van der Waals surface area contributed by atoms with Gasteiger partial charge in [0, 0.05) is 10.9 Å². The van der Waals surface area contributed by atoms with Gasteiger partial charge in [0.05, 0.1) is 16.0 Å². The maximum atomic E-state index is 10.5. The lowest BCUT2D eigenvalue weighted by atomic mass is 10.2. The van der Waals surface area contributed by atoms with E-state index in [0.717, 1.165) is 16.2 Å². The smallest absolute Gasteiger partial charge is 0.324 e. The van der Waals surface area contributed by atoms with Gasteiger partial charge in [0.1, 0.15) is 0 Å². The van der Waals surface area contributed by atoms with Gasteiger partial charge in [-0.1, -0.05) is 23.6 Å². The predicted molar refractivity (Wildman–Crippen MR) is 64.2 cm³/mol. The van der Waals surface area contributed by atoms with Crippen LogP contribution in [0.5, 0.6) is 0 Å². The minimum atomic E-state index is -0.416. The van der Waals surface area contributed by atoms with E-state index in [-0.39, 0.29) is 11.0 Å². The van der Waals surface area contributed by atoms with E-state index in [1.165, 1.54) is 6.07 Å². The first-order valence-electron chi connectivity index (χ1n) is 4.13. The Balaban J connectivity index is 3.02. The highest BCUT2D eigenvalue weighted by Gasteiger charge is 2.21. The molecule has 0 bridgehead atoms. The molecule has 0 saturated heterocycles. The standard InChI is InChI=1S/C8H11N3O2S2/c1-10(2)7(8(9)14)5-3-4-6(15-5)11(12)13/h3-4,7H,1-2H3,(H2,9,14). The van der Waals surface area contributed by atoms with Crippen LogP contribution in [0.2, 0.25) is 0 Å². The third kappa shape index (κ3) is 2.71. The van der Waals surface area contributed by atoms with Gasteiger partial charge in [0.25, 0.3) is 0 Å². The Hall–Kier alpha value is -1.05. The lowest BCUT2D eigenvalue weighted by molar-refractivity contribution is -0.380. The van der Waals surface area contributed by atoms with E-state index in [0.29, 0.717) is 4.99 Å². The Kier molecular flexibility index (Phi) is 3.72. The van der Waals surface area contributed by atoms with Crippen molar-refractivity contribution in [2.45, 2.75) is 6.04 Å². The van der Waals surface area contributed by atoms with Crippen LogP contribution in [0.25, 0.3) is 0 Å². The number of hydrogen-bond donors (Lipinski definition) is 1. The average Bonchev–Trinajstić information content (AvgIpc) is 2.51. The highest BCUT2D eigenvalue weighted by atomic mass is 32.1. The summed E-state index contributed by atoms with van der Waals surface area (Å²) in [5.41, 5.74) is 5.58. The number of thiocarbonyl (C=S) groups is 1. The topological polar surface area (TPSA) is 72.4 Å². The SMILES string of the molecule is CN(C)C(C(N)=S)c1ccc([N+](=O)[O-])s1. The normalized spacial score (nSPS) is 12.7. The van der Waals surface area contributed by atoms with Crippen LogP contribution in [0.1, 0.15) is 10.9 Å². The summed E-state index contributed by atoms with van der Waals surface area (Å²) in [6, 6.07) is 2.92. The molecule has 0 spiro atoms. The third-order valence-corrected chi connectivity index (χ3v) is 3.16. The first-order chi connectivity index (χ1) is 6.93.